The van der Waals surface area contributed by atoms with Gasteiger partial charge in [0, 0.05) is 28.1 Å². The van der Waals surface area contributed by atoms with Crippen molar-refractivity contribution in [1.29, 1.82) is 0 Å². The molecule has 6 rings (SSSR count). The SMILES string of the molecule is CCOc1ccc([C@@H]2Oc3ccc(Cl)cc3[C@@H]3CC(c4ccc5c(c4)OCO5)=NN32)cc1OC. The van der Waals surface area contributed by atoms with Crippen LogP contribution in [-0.2, 0) is 0 Å². The van der Waals surface area contributed by atoms with Crippen molar-refractivity contribution in [3.8, 4) is 28.7 Å². The molecule has 0 aliphatic carbocycles. The van der Waals surface area contributed by atoms with Crippen LogP contribution in [0.5, 0.6) is 28.7 Å². The molecule has 0 N–H and O–H groups in total. The van der Waals surface area contributed by atoms with Gasteiger partial charge in [-0.15, -0.1) is 0 Å². The minimum absolute atomic E-state index is 0.0227. The Morgan fingerprint density at radius 3 is 2.71 bits per heavy atom. The standard InChI is InChI=1S/C26H23ClN2O5/c1-3-31-22-8-5-16(11-24(22)30-2)26-29-20(18-12-17(27)6-9-21(18)34-26)13-19(28-29)15-4-7-23-25(10-15)33-14-32-23/h4-12,20,26H,3,13-14H2,1-2H3/t20-,26-/m0/s1. The fourth-order valence-corrected chi connectivity index (χ4v) is 4.82. The summed E-state index contributed by atoms with van der Waals surface area (Å²) in [5.74, 6) is 3.63. The minimum atomic E-state index is -0.435. The monoisotopic (exact) mass is 478 g/mol. The summed E-state index contributed by atoms with van der Waals surface area (Å²) < 4.78 is 28.8. The molecule has 3 aliphatic rings. The van der Waals surface area contributed by atoms with Gasteiger partial charge in [-0.25, -0.2) is 5.01 Å². The van der Waals surface area contributed by atoms with E-state index in [9.17, 15) is 0 Å². The van der Waals surface area contributed by atoms with E-state index in [2.05, 4.69) is 0 Å². The van der Waals surface area contributed by atoms with E-state index in [1.54, 1.807) is 7.11 Å². The summed E-state index contributed by atoms with van der Waals surface area (Å²) in [5.41, 5.74) is 3.87. The van der Waals surface area contributed by atoms with Crippen molar-refractivity contribution < 1.29 is 23.7 Å². The molecule has 0 spiro atoms. The fourth-order valence-electron chi connectivity index (χ4n) is 4.64. The summed E-state index contributed by atoms with van der Waals surface area (Å²) in [7, 11) is 1.63. The van der Waals surface area contributed by atoms with Crippen LogP contribution in [0.4, 0.5) is 0 Å². The van der Waals surface area contributed by atoms with Crippen molar-refractivity contribution in [2.45, 2.75) is 25.6 Å². The summed E-state index contributed by atoms with van der Waals surface area (Å²) in [6.07, 6.45) is 0.274. The molecular formula is C26H23ClN2O5. The Labute approximate surface area is 202 Å². The van der Waals surface area contributed by atoms with Crippen molar-refractivity contribution in [2.24, 2.45) is 5.10 Å². The Balaban J connectivity index is 1.42. The Hall–Kier alpha value is -3.58. The van der Waals surface area contributed by atoms with Crippen LogP contribution in [0.1, 0.15) is 42.3 Å². The third kappa shape index (κ3) is 3.47. The van der Waals surface area contributed by atoms with Crippen LogP contribution >= 0.6 is 11.6 Å². The number of benzene rings is 3. The average molecular weight is 479 g/mol. The molecule has 3 aromatic rings. The third-order valence-corrected chi connectivity index (χ3v) is 6.47. The van der Waals surface area contributed by atoms with Gasteiger partial charge in [-0.1, -0.05) is 11.6 Å². The molecule has 0 unspecified atom stereocenters. The highest BCUT2D eigenvalue weighted by Gasteiger charge is 2.41. The molecule has 0 radical (unpaired) electrons. The first-order chi connectivity index (χ1) is 16.6. The van der Waals surface area contributed by atoms with E-state index < -0.39 is 6.23 Å². The van der Waals surface area contributed by atoms with Gasteiger partial charge >= 0.3 is 0 Å². The van der Waals surface area contributed by atoms with Crippen molar-refractivity contribution in [3.63, 3.8) is 0 Å². The van der Waals surface area contributed by atoms with E-state index in [-0.39, 0.29) is 12.8 Å². The topological polar surface area (TPSA) is 61.8 Å². The van der Waals surface area contributed by atoms with Crippen molar-refractivity contribution >= 4 is 17.3 Å². The molecule has 7 nitrogen and oxygen atoms in total. The van der Waals surface area contributed by atoms with Crippen molar-refractivity contribution in [2.75, 3.05) is 20.5 Å². The Bertz CT molecular complexity index is 1290. The maximum absolute atomic E-state index is 6.46. The molecule has 0 bridgehead atoms. The van der Waals surface area contributed by atoms with E-state index in [0.29, 0.717) is 29.5 Å². The average Bonchev–Trinajstić information content (AvgIpc) is 3.51. The largest absolute Gasteiger partial charge is 0.493 e. The Kier molecular flexibility index (Phi) is 5.14. The molecule has 2 atom stereocenters. The lowest BCUT2D eigenvalue weighted by Crippen LogP contribution is -2.33. The third-order valence-electron chi connectivity index (χ3n) is 6.23. The zero-order valence-corrected chi connectivity index (χ0v) is 19.5. The van der Waals surface area contributed by atoms with Crippen LogP contribution in [0.25, 0.3) is 0 Å². The van der Waals surface area contributed by atoms with Gasteiger partial charge in [0.25, 0.3) is 0 Å². The molecule has 0 fully saturated rings. The van der Waals surface area contributed by atoms with E-state index in [1.807, 2.05) is 66.5 Å². The molecule has 34 heavy (non-hydrogen) atoms. The number of halogens is 1. The summed E-state index contributed by atoms with van der Waals surface area (Å²) in [6.45, 7) is 2.74. The van der Waals surface area contributed by atoms with Crippen molar-refractivity contribution in [1.82, 2.24) is 5.01 Å². The van der Waals surface area contributed by atoms with Gasteiger partial charge in [-0.3, -0.25) is 0 Å². The Morgan fingerprint density at radius 1 is 1.00 bits per heavy atom. The maximum atomic E-state index is 6.46. The number of methoxy groups -OCH3 is 1. The molecule has 3 aromatic carbocycles. The van der Waals surface area contributed by atoms with Crippen LogP contribution in [0, 0.1) is 0 Å². The summed E-state index contributed by atoms with van der Waals surface area (Å²) in [5, 5.41) is 7.69. The first kappa shape index (κ1) is 21.0. The Morgan fingerprint density at radius 2 is 1.85 bits per heavy atom. The van der Waals surface area contributed by atoms with Gasteiger partial charge in [0.15, 0.2) is 23.0 Å². The van der Waals surface area contributed by atoms with Crippen LogP contribution in [0.15, 0.2) is 59.7 Å². The van der Waals surface area contributed by atoms with Gasteiger partial charge < -0.3 is 23.7 Å². The minimum Gasteiger partial charge on any atom is -0.493 e. The quantitative estimate of drug-likeness (QED) is 0.467. The number of hydrogen-bond donors (Lipinski definition) is 0. The second kappa shape index (κ2) is 8.33. The number of ether oxygens (including phenoxy) is 5. The molecule has 0 aromatic heterocycles. The number of nitrogens with zero attached hydrogens (tertiary/aromatic N) is 2. The highest BCUT2D eigenvalue weighted by Crippen LogP contribution is 2.49. The lowest BCUT2D eigenvalue weighted by molar-refractivity contribution is -0.0191. The van der Waals surface area contributed by atoms with E-state index in [0.717, 1.165) is 39.7 Å². The zero-order valence-electron chi connectivity index (χ0n) is 18.8. The molecule has 8 heteroatoms. The predicted molar refractivity (Wildman–Crippen MR) is 127 cm³/mol. The normalized spacial score (nSPS) is 19.7. The highest BCUT2D eigenvalue weighted by molar-refractivity contribution is 6.30. The molecule has 0 saturated carbocycles. The number of hydrazone groups is 1. The molecule has 3 heterocycles. The fraction of sp³-hybridized carbons (Fsp3) is 0.269. The zero-order chi connectivity index (χ0) is 23.2. The highest BCUT2D eigenvalue weighted by atomic mass is 35.5. The smallest absolute Gasteiger partial charge is 0.231 e. The number of fused-ring (bicyclic) bond motifs is 4. The molecule has 0 saturated heterocycles. The maximum Gasteiger partial charge on any atom is 0.231 e. The molecule has 0 amide bonds. The van der Waals surface area contributed by atoms with Gasteiger partial charge in [0.2, 0.25) is 13.0 Å². The van der Waals surface area contributed by atoms with Crippen LogP contribution in [0.3, 0.4) is 0 Å². The lowest BCUT2D eigenvalue weighted by atomic mass is 9.95. The van der Waals surface area contributed by atoms with Gasteiger partial charge in [-0.2, -0.15) is 5.10 Å². The molecular weight excluding hydrogens is 456 g/mol. The van der Waals surface area contributed by atoms with E-state index in [1.165, 1.54) is 0 Å². The number of rotatable bonds is 5. The van der Waals surface area contributed by atoms with Crippen LogP contribution < -0.4 is 23.7 Å². The van der Waals surface area contributed by atoms with Crippen molar-refractivity contribution in [3.05, 3.63) is 76.3 Å². The first-order valence-electron chi connectivity index (χ1n) is 11.2. The second-order valence-corrected chi connectivity index (χ2v) is 8.65. The molecule has 3 aliphatic heterocycles. The molecule has 174 valence electrons. The first-order valence-corrected chi connectivity index (χ1v) is 11.5. The van der Waals surface area contributed by atoms with E-state index >= 15 is 0 Å². The van der Waals surface area contributed by atoms with E-state index in [4.69, 9.17) is 40.4 Å². The summed E-state index contributed by atoms with van der Waals surface area (Å²) >= 11 is 6.35. The van der Waals surface area contributed by atoms with Crippen LogP contribution in [-0.4, -0.2) is 31.2 Å². The number of hydrogen-bond acceptors (Lipinski definition) is 7. The van der Waals surface area contributed by atoms with Gasteiger partial charge in [0.1, 0.15) is 5.75 Å². The van der Waals surface area contributed by atoms with Crippen LogP contribution in [0.2, 0.25) is 5.02 Å². The summed E-state index contributed by atoms with van der Waals surface area (Å²) in [6, 6.07) is 17.5. The second-order valence-electron chi connectivity index (χ2n) is 8.21. The van der Waals surface area contributed by atoms with Gasteiger partial charge in [0.05, 0.1) is 25.5 Å². The summed E-state index contributed by atoms with van der Waals surface area (Å²) in [4.78, 5) is 0. The predicted octanol–water partition coefficient (Wildman–Crippen LogP) is 5.72. The lowest BCUT2D eigenvalue weighted by Gasteiger charge is -2.38. The van der Waals surface area contributed by atoms with Gasteiger partial charge in [-0.05, 0) is 61.5 Å².